The van der Waals surface area contributed by atoms with Crippen molar-refractivity contribution < 1.29 is 14.4 Å². The number of urea groups is 1. The lowest BCUT2D eigenvalue weighted by Gasteiger charge is -2.27. The molecular weight excluding hydrogens is 260 g/mol. The molecule has 1 aliphatic rings. The quantitative estimate of drug-likeness (QED) is 0.634. The Morgan fingerprint density at radius 2 is 1.85 bits per heavy atom. The Labute approximate surface area is 115 Å². The van der Waals surface area contributed by atoms with E-state index in [-0.39, 0.29) is 12.3 Å². The van der Waals surface area contributed by atoms with Gasteiger partial charge in [-0.1, -0.05) is 0 Å². The summed E-state index contributed by atoms with van der Waals surface area (Å²) in [6.45, 7) is 3.91. The molecule has 1 aromatic rings. The molecule has 1 aliphatic heterocycles. The maximum atomic E-state index is 11.9. The third-order valence-electron chi connectivity index (χ3n) is 3.19. The first kappa shape index (κ1) is 13.9. The van der Waals surface area contributed by atoms with Gasteiger partial charge >= 0.3 is 6.03 Å². The molecule has 0 saturated heterocycles. The second-order valence-electron chi connectivity index (χ2n) is 4.78. The van der Waals surface area contributed by atoms with Gasteiger partial charge in [0.2, 0.25) is 11.8 Å². The Hall–Kier alpha value is -2.57. The molecule has 1 heterocycles. The number of nitrogens with one attached hydrogen (secondary N) is 3. The minimum absolute atomic E-state index is 0.166. The number of nitrogens with two attached hydrogens (primary N) is 1. The average molecular weight is 276 g/mol. The predicted molar refractivity (Wildman–Crippen MR) is 74.3 cm³/mol. The lowest BCUT2D eigenvalue weighted by molar-refractivity contribution is -0.124. The summed E-state index contributed by atoms with van der Waals surface area (Å²) < 4.78 is 0. The zero-order valence-corrected chi connectivity index (χ0v) is 11.2. The van der Waals surface area contributed by atoms with Crippen LogP contribution in [0.25, 0.3) is 0 Å². The summed E-state index contributed by atoms with van der Waals surface area (Å²) in [6, 6.07) is 2.11. The smallest absolute Gasteiger partial charge is 0.318 e. The molecular formula is C13H16N4O3. The minimum atomic E-state index is -0.932. The Morgan fingerprint density at radius 1 is 1.25 bits per heavy atom. The molecule has 106 valence electrons. The van der Waals surface area contributed by atoms with Crippen molar-refractivity contribution in [1.29, 1.82) is 0 Å². The fourth-order valence-corrected chi connectivity index (χ4v) is 2.03. The first-order chi connectivity index (χ1) is 9.36. The summed E-state index contributed by atoms with van der Waals surface area (Å²) in [7, 11) is 0. The summed E-state index contributed by atoms with van der Waals surface area (Å²) in [4.78, 5) is 34.0. The van der Waals surface area contributed by atoms with Gasteiger partial charge in [-0.3, -0.25) is 14.9 Å². The normalized spacial score (nSPS) is 16.7. The summed E-state index contributed by atoms with van der Waals surface area (Å²) in [5.41, 5.74) is 8.44. The van der Waals surface area contributed by atoms with Crippen molar-refractivity contribution in [3.8, 4) is 0 Å². The Bertz CT molecular complexity index is 598. The molecule has 5 N–H and O–H groups in total. The van der Waals surface area contributed by atoms with Gasteiger partial charge in [-0.25, -0.2) is 4.79 Å². The summed E-state index contributed by atoms with van der Waals surface area (Å²) in [5.74, 6) is -0.919. The number of carbonyl (C=O) groups excluding carboxylic acids is 3. The third-order valence-corrected chi connectivity index (χ3v) is 3.19. The van der Waals surface area contributed by atoms with Gasteiger partial charge in [-0.2, -0.15) is 0 Å². The van der Waals surface area contributed by atoms with E-state index in [0.29, 0.717) is 5.69 Å². The number of benzene rings is 1. The van der Waals surface area contributed by atoms with Crippen molar-refractivity contribution >= 4 is 29.2 Å². The van der Waals surface area contributed by atoms with Gasteiger partial charge in [0, 0.05) is 0 Å². The van der Waals surface area contributed by atoms with Crippen LogP contribution in [0.3, 0.4) is 0 Å². The summed E-state index contributed by atoms with van der Waals surface area (Å²) >= 11 is 0. The highest BCUT2D eigenvalue weighted by molar-refractivity contribution is 6.06. The SMILES string of the molecule is Cc1cc2c(cc1C)NC(CC(=O)NC(N)=O)C(=O)N2. The maximum Gasteiger partial charge on any atom is 0.318 e. The Balaban J connectivity index is 2.15. The van der Waals surface area contributed by atoms with Crippen LogP contribution in [0.4, 0.5) is 16.2 Å². The number of fused-ring (bicyclic) bond motifs is 1. The molecule has 0 aliphatic carbocycles. The highest BCUT2D eigenvalue weighted by Gasteiger charge is 2.28. The van der Waals surface area contributed by atoms with E-state index in [1.807, 2.05) is 31.3 Å². The number of amides is 4. The van der Waals surface area contributed by atoms with Crippen molar-refractivity contribution in [2.45, 2.75) is 26.3 Å². The van der Waals surface area contributed by atoms with E-state index < -0.39 is 18.0 Å². The van der Waals surface area contributed by atoms with E-state index >= 15 is 0 Å². The van der Waals surface area contributed by atoms with Crippen molar-refractivity contribution in [2.75, 3.05) is 10.6 Å². The third kappa shape index (κ3) is 2.87. The van der Waals surface area contributed by atoms with Gasteiger partial charge < -0.3 is 16.4 Å². The van der Waals surface area contributed by atoms with Crippen molar-refractivity contribution in [3.05, 3.63) is 23.3 Å². The largest absolute Gasteiger partial charge is 0.372 e. The van der Waals surface area contributed by atoms with Crippen LogP contribution in [0, 0.1) is 13.8 Å². The van der Waals surface area contributed by atoms with Crippen LogP contribution in [0.2, 0.25) is 0 Å². The topological polar surface area (TPSA) is 113 Å². The highest BCUT2D eigenvalue weighted by atomic mass is 16.2. The molecule has 0 saturated carbocycles. The lowest BCUT2D eigenvalue weighted by Crippen LogP contribution is -2.44. The van der Waals surface area contributed by atoms with E-state index in [4.69, 9.17) is 5.73 Å². The monoisotopic (exact) mass is 276 g/mol. The highest BCUT2D eigenvalue weighted by Crippen LogP contribution is 2.30. The zero-order valence-electron chi connectivity index (χ0n) is 11.2. The zero-order chi connectivity index (χ0) is 14.9. The maximum absolute atomic E-state index is 11.9. The molecule has 7 nitrogen and oxygen atoms in total. The van der Waals surface area contributed by atoms with Crippen LogP contribution in [-0.2, 0) is 9.59 Å². The summed E-state index contributed by atoms with van der Waals surface area (Å²) in [5, 5.41) is 7.67. The number of hydrogen-bond donors (Lipinski definition) is 4. The van der Waals surface area contributed by atoms with Crippen molar-refractivity contribution in [3.63, 3.8) is 0 Å². The van der Waals surface area contributed by atoms with Crippen LogP contribution >= 0.6 is 0 Å². The van der Waals surface area contributed by atoms with Gasteiger partial charge in [0.25, 0.3) is 0 Å². The molecule has 0 aromatic heterocycles. The minimum Gasteiger partial charge on any atom is -0.372 e. The number of hydrogen-bond acceptors (Lipinski definition) is 4. The fourth-order valence-electron chi connectivity index (χ4n) is 2.03. The molecule has 1 unspecified atom stereocenters. The lowest BCUT2D eigenvalue weighted by atomic mass is 10.0. The fraction of sp³-hybridized carbons (Fsp3) is 0.308. The number of rotatable bonds is 2. The Morgan fingerprint density at radius 3 is 2.45 bits per heavy atom. The number of anilines is 2. The van der Waals surface area contributed by atoms with Crippen LogP contribution in [-0.4, -0.2) is 23.9 Å². The van der Waals surface area contributed by atoms with Crippen LogP contribution in [0.15, 0.2) is 12.1 Å². The molecule has 1 aromatic carbocycles. The molecule has 1 atom stereocenters. The van der Waals surface area contributed by atoms with Gasteiger partial charge in [0.05, 0.1) is 17.8 Å². The standard InChI is InChI=1S/C13H16N4O3/c1-6-3-8-9(4-7(6)2)16-12(19)10(15-8)5-11(18)17-13(14)20/h3-4,10,15H,5H2,1-2H3,(H,16,19)(H3,14,17,18,20). The Kier molecular flexibility index (Phi) is 3.60. The van der Waals surface area contributed by atoms with Crippen LogP contribution < -0.4 is 21.7 Å². The number of primary amides is 1. The van der Waals surface area contributed by atoms with E-state index in [9.17, 15) is 14.4 Å². The van der Waals surface area contributed by atoms with Gasteiger partial charge in [0.15, 0.2) is 0 Å². The second kappa shape index (κ2) is 5.20. The molecule has 0 radical (unpaired) electrons. The molecule has 0 fully saturated rings. The van der Waals surface area contributed by atoms with E-state index in [1.54, 1.807) is 0 Å². The number of carbonyl (C=O) groups is 3. The van der Waals surface area contributed by atoms with Crippen LogP contribution in [0.5, 0.6) is 0 Å². The second-order valence-corrected chi connectivity index (χ2v) is 4.78. The van der Waals surface area contributed by atoms with E-state index in [2.05, 4.69) is 10.6 Å². The molecule has 4 amide bonds. The van der Waals surface area contributed by atoms with Gasteiger partial charge in [-0.15, -0.1) is 0 Å². The van der Waals surface area contributed by atoms with Crippen molar-refractivity contribution in [2.24, 2.45) is 5.73 Å². The van der Waals surface area contributed by atoms with Crippen LogP contribution in [0.1, 0.15) is 17.5 Å². The van der Waals surface area contributed by atoms with Gasteiger partial charge in [-0.05, 0) is 37.1 Å². The van der Waals surface area contributed by atoms with Crippen molar-refractivity contribution in [1.82, 2.24) is 5.32 Å². The molecule has 0 spiro atoms. The first-order valence-corrected chi connectivity index (χ1v) is 6.14. The molecule has 7 heteroatoms. The molecule has 20 heavy (non-hydrogen) atoms. The predicted octanol–water partition coefficient (Wildman–Crippen LogP) is 0.621. The van der Waals surface area contributed by atoms with E-state index in [1.165, 1.54) is 0 Å². The number of aryl methyl sites for hydroxylation is 2. The first-order valence-electron chi connectivity index (χ1n) is 6.14. The van der Waals surface area contributed by atoms with E-state index in [0.717, 1.165) is 16.8 Å². The molecule has 2 rings (SSSR count). The van der Waals surface area contributed by atoms with Gasteiger partial charge in [0.1, 0.15) is 6.04 Å². The summed E-state index contributed by atoms with van der Waals surface area (Å²) in [6.07, 6.45) is -0.166. The number of imide groups is 1. The average Bonchev–Trinajstić information content (AvgIpc) is 2.32. The molecule has 0 bridgehead atoms.